The molecule has 2 aliphatic rings. The van der Waals surface area contributed by atoms with E-state index in [0.29, 0.717) is 24.9 Å². The van der Waals surface area contributed by atoms with Crippen LogP contribution >= 0.6 is 0 Å². The molecule has 3 unspecified atom stereocenters. The minimum atomic E-state index is -0.348. The van der Waals surface area contributed by atoms with Crippen LogP contribution < -0.4 is 11.1 Å². The first-order valence-electron chi connectivity index (χ1n) is 6.88. The molecule has 4 heteroatoms. The molecule has 0 aromatic rings. The topological polar surface area (TPSA) is 75.4 Å². The van der Waals surface area contributed by atoms with E-state index in [1.807, 2.05) is 0 Å². The minimum Gasteiger partial charge on any atom is -0.391 e. The molecule has 0 saturated heterocycles. The van der Waals surface area contributed by atoms with Crippen LogP contribution in [-0.2, 0) is 4.79 Å². The molecule has 0 aromatic carbocycles. The van der Waals surface area contributed by atoms with Crippen molar-refractivity contribution in [3.63, 3.8) is 0 Å². The van der Waals surface area contributed by atoms with Crippen LogP contribution in [0.25, 0.3) is 0 Å². The molecule has 4 nitrogen and oxygen atoms in total. The van der Waals surface area contributed by atoms with Crippen LogP contribution in [0, 0.1) is 17.8 Å². The first-order chi connectivity index (χ1) is 8.22. The van der Waals surface area contributed by atoms with E-state index in [0.717, 1.165) is 32.1 Å². The van der Waals surface area contributed by atoms with Gasteiger partial charge in [0.05, 0.1) is 6.10 Å². The molecule has 98 valence electrons. The summed E-state index contributed by atoms with van der Waals surface area (Å²) in [4.78, 5) is 12.0. The molecule has 0 spiro atoms. The Labute approximate surface area is 103 Å². The van der Waals surface area contributed by atoms with Crippen LogP contribution in [0.1, 0.15) is 38.5 Å². The zero-order valence-corrected chi connectivity index (χ0v) is 10.4. The van der Waals surface area contributed by atoms with Gasteiger partial charge in [0.2, 0.25) is 5.91 Å². The van der Waals surface area contributed by atoms with Gasteiger partial charge in [0.1, 0.15) is 0 Å². The molecule has 2 saturated carbocycles. The summed E-state index contributed by atoms with van der Waals surface area (Å²) in [5.41, 5.74) is 5.72. The second-order valence-electron chi connectivity index (χ2n) is 5.54. The van der Waals surface area contributed by atoms with Gasteiger partial charge in [0.15, 0.2) is 0 Å². The van der Waals surface area contributed by atoms with E-state index < -0.39 is 0 Å². The normalized spacial score (nSPS) is 30.9. The Morgan fingerprint density at radius 1 is 1.29 bits per heavy atom. The van der Waals surface area contributed by atoms with Gasteiger partial charge in [-0.25, -0.2) is 0 Å². The summed E-state index contributed by atoms with van der Waals surface area (Å²) in [7, 11) is 0. The quantitative estimate of drug-likeness (QED) is 0.660. The molecule has 2 rings (SSSR count). The molecule has 2 fully saturated rings. The lowest BCUT2D eigenvalue weighted by atomic mass is 9.79. The first-order valence-corrected chi connectivity index (χ1v) is 6.88. The molecule has 17 heavy (non-hydrogen) atoms. The number of nitrogens with one attached hydrogen (secondary N) is 1. The van der Waals surface area contributed by atoms with Gasteiger partial charge in [-0.3, -0.25) is 4.79 Å². The van der Waals surface area contributed by atoms with Crippen molar-refractivity contribution in [3.05, 3.63) is 0 Å². The monoisotopic (exact) mass is 240 g/mol. The molecule has 0 heterocycles. The van der Waals surface area contributed by atoms with Gasteiger partial charge < -0.3 is 16.2 Å². The SMILES string of the molecule is NCC1CCCCC1C(=O)NCC(O)C1CC1. The van der Waals surface area contributed by atoms with E-state index >= 15 is 0 Å². The molecular weight excluding hydrogens is 216 g/mol. The number of aliphatic hydroxyl groups is 1. The lowest BCUT2D eigenvalue weighted by molar-refractivity contribution is -0.128. The van der Waals surface area contributed by atoms with Crippen LogP contribution in [0.3, 0.4) is 0 Å². The Bertz CT molecular complexity index is 266. The average molecular weight is 240 g/mol. The van der Waals surface area contributed by atoms with Crippen LogP contribution in [0.2, 0.25) is 0 Å². The number of hydrogen-bond acceptors (Lipinski definition) is 3. The second-order valence-corrected chi connectivity index (χ2v) is 5.54. The van der Waals surface area contributed by atoms with E-state index in [9.17, 15) is 9.90 Å². The molecule has 0 aromatic heterocycles. The summed E-state index contributed by atoms with van der Waals surface area (Å²) in [5, 5.41) is 12.6. The van der Waals surface area contributed by atoms with E-state index in [1.165, 1.54) is 6.42 Å². The van der Waals surface area contributed by atoms with Crippen molar-refractivity contribution in [2.24, 2.45) is 23.5 Å². The Morgan fingerprint density at radius 2 is 2.00 bits per heavy atom. The third-order valence-corrected chi connectivity index (χ3v) is 4.20. The summed E-state index contributed by atoms with van der Waals surface area (Å²) in [6.45, 7) is 1.01. The summed E-state index contributed by atoms with van der Waals surface area (Å²) in [6.07, 6.45) is 6.19. The summed E-state index contributed by atoms with van der Waals surface area (Å²) >= 11 is 0. The number of amides is 1. The molecule has 3 atom stereocenters. The predicted octanol–water partition coefficient (Wildman–Crippen LogP) is 0.639. The highest BCUT2D eigenvalue weighted by molar-refractivity contribution is 5.79. The fourth-order valence-corrected chi connectivity index (χ4v) is 2.82. The van der Waals surface area contributed by atoms with Crippen molar-refractivity contribution in [1.29, 1.82) is 0 Å². The number of nitrogens with two attached hydrogens (primary N) is 1. The standard InChI is InChI=1S/C13H24N2O2/c14-7-10-3-1-2-4-11(10)13(17)15-8-12(16)9-5-6-9/h9-12,16H,1-8,14H2,(H,15,17). The van der Waals surface area contributed by atoms with Crippen molar-refractivity contribution in [1.82, 2.24) is 5.32 Å². The Hall–Kier alpha value is -0.610. The summed E-state index contributed by atoms with van der Waals surface area (Å²) in [6, 6.07) is 0. The number of rotatable bonds is 5. The van der Waals surface area contributed by atoms with E-state index in [-0.39, 0.29) is 17.9 Å². The third-order valence-electron chi connectivity index (χ3n) is 4.20. The largest absolute Gasteiger partial charge is 0.391 e. The molecular formula is C13H24N2O2. The first kappa shape index (κ1) is 12.8. The maximum absolute atomic E-state index is 12.0. The number of aliphatic hydroxyl groups excluding tert-OH is 1. The summed E-state index contributed by atoms with van der Waals surface area (Å²) < 4.78 is 0. The Balaban J connectivity index is 1.76. The van der Waals surface area contributed by atoms with Crippen LogP contribution in [-0.4, -0.2) is 30.2 Å². The van der Waals surface area contributed by atoms with Crippen molar-refractivity contribution in [2.75, 3.05) is 13.1 Å². The summed E-state index contributed by atoms with van der Waals surface area (Å²) in [5.74, 6) is 0.925. The van der Waals surface area contributed by atoms with Crippen LogP contribution in [0.5, 0.6) is 0 Å². The highest BCUT2D eigenvalue weighted by Crippen LogP contribution is 2.32. The minimum absolute atomic E-state index is 0.0696. The lowest BCUT2D eigenvalue weighted by Crippen LogP contribution is -2.42. The Morgan fingerprint density at radius 3 is 2.65 bits per heavy atom. The average Bonchev–Trinajstić information content (AvgIpc) is 3.19. The lowest BCUT2D eigenvalue weighted by Gasteiger charge is -2.29. The fraction of sp³-hybridized carbons (Fsp3) is 0.923. The molecule has 4 N–H and O–H groups in total. The third kappa shape index (κ3) is 3.42. The van der Waals surface area contributed by atoms with Gasteiger partial charge in [-0.15, -0.1) is 0 Å². The molecule has 0 aliphatic heterocycles. The molecule has 2 aliphatic carbocycles. The predicted molar refractivity (Wildman–Crippen MR) is 66.2 cm³/mol. The number of hydrogen-bond donors (Lipinski definition) is 3. The molecule has 0 bridgehead atoms. The zero-order chi connectivity index (χ0) is 12.3. The van der Waals surface area contributed by atoms with Crippen molar-refractivity contribution < 1.29 is 9.90 Å². The van der Waals surface area contributed by atoms with Crippen molar-refractivity contribution >= 4 is 5.91 Å². The second kappa shape index (κ2) is 5.83. The zero-order valence-electron chi connectivity index (χ0n) is 10.4. The molecule has 0 radical (unpaired) electrons. The van der Waals surface area contributed by atoms with Crippen molar-refractivity contribution in [3.8, 4) is 0 Å². The molecule has 1 amide bonds. The van der Waals surface area contributed by atoms with Crippen molar-refractivity contribution in [2.45, 2.75) is 44.6 Å². The van der Waals surface area contributed by atoms with E-state index in [4.69, 9.17) is 5.73 Å². The van der Waals surface area contributed by atoms with Gasteiger partial charge in [-0.1, -0.05) is 12.8 Å². The van der Waals surface area contributed by atoms with Gasteiger partial charge in [0.25, 0.3) is 0 Å². The van der Waals surface area contributed by atoms with E-state index in [2.05, 4.69) is 5.32 Å². The number of carbonyl (C=O) groups is 1. The maximum atomic E-state index is 12.0. The highest BCUT2D eigenvalue weighted by Gasteiger charge is 2.32. The highest BCUT2D eigenvalue weighted by atomic mass is 16.3. The Kier molecular flexibility index (Phi) is 4.40. The maximum Gasteiger partial charge on any atom is 0.223 e. The van der Waals surface area contributed by atoms with Crippen LogP contribution in [0.15, 0.2) is 0 Å². The van der Waals surface area contributed by atoms with Gasteiger partial charge in [-0.05, 0) is 44.1 Å². The van der Waals surface area contributed by atoms with Gasteiger partial charge >= 0.3 is 0 Å². The smallest absolute Gasteiger partial charge is 0.223 e. The van der Waals surface area contributed by atoms with Crippen LogP contribution in [0.4, 0.5) is 0 Å². The fourth-order valence-electron chi connectivity index (χ4n) is 2.82. The number of carbonyl (C=O) groups excluding carboxylic acids is 1. The van der Waals surface area contributed by atoms with E-state index in [1.54, 1.807) is 0 Å². The van der Waals surface area contributed by atoms with Gasteiger partial charge in [-0.2, -0.15) is 0 Å². The van der Waals surface area contributed by atoms with Gasteiger partial charge in [0, 0.05) is 12.5 Å².